The number of carbonyl (C=O) groups excluding carboxylic acids is 1. The maximum Gasteiger partial charge on any atom is 0.327 e. The molecule has 0 aliphatic carbocycles. The zero-order chi connectivity index (χ0) is 19.5. The van der Waals surface area contributed by atoms with Gasteiger partial charge in [-0.2, -0.15) is 0 Å². The number of rotatable bonds is 5. The lowest BCUT2D eigenvalue weighted by Crippen LogP contribution is -2.23. The number of hydrogen-bond acceptors (Lipinski definition) is 8. The van der Waals surface area contributed by atoms with Gasteiger partial charge in [0, 0.05) is 11.9 Å². The molecular formula is C17H12N6O3S2. The van der Waals surface area contributed by atoms with Crippen LogP contribution < -0.4 is 16.6 Å². The van der Waals surface area contributed by atoms with Crippen molar-refractivity contribution in [2.75, 3.05) is 5.32 Å². The summed E-state index contributed by atoms with van der Waals surface area (Å²) < 4.78 is 0.727. The van der Waals surface area contributed by atoms with Gasteiger partial charge in [0.1, 0.15) is 5.65 Å². The van der Waals surface area contributed by atoms with Crippen LogP contribution in [0.15, 0.2) is 56.5 Å². The molecule has 0 atom stereocenters. The number of amides is 1. The third-order valence-electron chi connectivity index (χ3n) is 3.69. The quantitative estimate of drug-likeness (QED) is 0.337. The number of nitrogens with one attached hydrogen (secondary N) is 3. The molecule has 4 aromatic rings. The summed E-state index contributed by atoms with van der Waals surface area (Å²) in [5, 5.41) is 11.1. The smallest absolute Gasteiger partial charge is 0.296 e. The minimum absolute atomic E-state index is 0.112. The minimum Gasteiger partial charge on any atom is -0.296 e. The minimum atomic E-state index is -0.656. The Kier molecular flexibility index (Phi) is 5.00. The van der Waals surface area contributed by atoms with Crippen molar-refractivity contribution in [2.45, 2.75) is 10.1 Å². The predicted molar refractivity (Wildman–Crippen MR) is 107 cm³/mol. The van der Waals surface area contributed by atoms with Crippen LogP contribution in [0.25, 0.3) is 11.0 Å². The second kappa shape index (κ2) is 7.74. The van der Waals surface area contributed by atoms with Crippen molar-refractivity contribution in [1.29, 1.82) is 0 Å². The highest BCUT2D eigenvalue weighted by Crippen LogP contribution is 2.28. The van der Waals surface area contributed by atoms with E-state index < -0.39 is 17.2 Å². The van der Waals surface area contributed by atoms with Gasteiger partial charge in [-0.15, -0.1) is 10.2 Å². The largest absolute Gasteiger partial charge is 0.327 e. The molecule has 9 nitrogen and oxygen atoms in total. The fourth-order valence-corrected chi connectivity index (χ4v) is 4.08. The van der Waals surface area contributed by atoms with Gasteiger partial charge in [-0.3, -0.25) is 24.9 Å². The average molecular weight is 412 g/mol. The highest BCUT2D eigenvalue weighted by Gasteiger charge is 2.13. The van der Waals surface area contributed by atoms with E-state index in [1.54, 1.807) is 0 Å². The Morgan fingerprint density at radius 2 is 1.96 bits per heavy atom. The van der Waals surface area contributed by atoms with Gasteiger partial charge in [0.15, 0.2) is 4.34 Å². The number of nitrogens with zero attached hydrogens (tertiary/aromatic N) is 3. The molecule has 3 aromatic heterocycles. The van der Waals surface area contributed by atoms with E-state index in [0.717, 1.165) is 10.1 Å². The summed E-state index contributed by atoms with van der Waals surface area (Å²) in [7, 11) is 0. The molecule has 28 heavy (non-hydrogen) atoms. The van der Waals surface area contributed by atoms with E-state index in [0.29, 0.717) is 5.13 Å². The number of aromatic nitrogens is 5. The number of H-pyrrole nitrogens is 2. The molecule has 0 saturated heterocycles. The van der Waals surface area contributed by atoms with E-state index in [1.807, 2.05) is 30.3 Å². The van der Waals surface area contributed by atoms with E-state index in [9.17, 15) is 14.4 Å². The summed E-state index contributed by atoms with van der Waals surface area (Å²) >= 11 is 2.78. The maximum atomic E-state index is 12.4. The molecule has 4 rings (SSSR count). The van der Waals surface area contributed by atoms with Crippen molar-refractivity contribution in [3.63, 3.8) is 0 Å². The third kappa shape index (κ3) is 4.00. The molecular weight excluding hydrogens is 400 g/mol. The van der Waals surface area contributed by atoms with Crippen LogP contribution in [0, 0.1) is 0 Å². The zero-order valence-electron chi connectivity index (χ0n) is 14.1. The number of thioether (sulfide) groups is 1. The zero-order valence-corrected chi connectivity index (χ0v) is 15.8. The van der Waals surface area contributed by atoms with Crippen molar-refractivity contribution >= 4 is 45.2 Å². The Hall–Kier alpha value is -3.31. The number of pyridine rings is 1. The molecule has 11 heteroatoms. The molecule has 0 aliphatic heterocycles. The lowest BCUT2D eigenvalue weighted by molar-refractivity contribution is 0.102. The highest BCUT2D eigenvalue weighted by atomic mass is 32.2. The number of anilines is 1. The van der Waals surface area contributed by atoms with Crippen LogP contribution in [0.1, 0.15) is 15.9 Å². The van der Waals surface area contributed by atoms with Crippen LogP contribution in [0.5, 0.6) is 0 Å². The van der Waals surface area contributed by atoms with E-state index in [-0.39, 0.29) is 16.6 Å². The molecule has 0 fully saturated rings. The Morgan fingerprint density at radius 1 is 1.14 bits per heavy atom. The first kappa shape index (κ1) is 18.1. The van der Waals surface area contributed by atoms with Crippen LogP contribution in [0.3, 0.4) is 0 Å². The first-order chi connectivity index (χ1) is 13.6. The molecule has 0 spiro atoms. The predicted octanol–water partition coefficient (Wildman–Crippen LogP) is 2.01. The SMILES string of the molecule is O=C(Nc1nnc(SCc2ccccc2)s1)c1cnc2[nH]c(=O)[nH]c(=O)c2c1. The standard InChI is InChI=1S/C17H12N6O3S2/c24-13(10-6-11-12(18-7-10)19-15(26)20-14(11)25)21-16-22-23-17(28-16)27-8-9-4-2-1-3-5-9/h1-7H,8H2,(H,21,22,24)(H2,18,19,20,25,26). The summed E-state index contributed by atoms with van der Waals surface area (Å²) in [6.07, 6.45) is 1.28. The van der Waals surface area contributed by atoms with Gasteiger partial charge >= 0.3 is 5.69 Å². The maximum absolute atomic E-state index is 12.4. The fraction of sp³-hybridized carbons (Fsp3) is 0.0588. The Balaban J connectivity index is 1.46. The topological polar surface area (TPSA) is 133 Å². The van der Waals surface area contributed by atoms with E-state index >= 15 is 0 Å². The average Bonchev–Trinajstić information content (AvgIpc) is 3.14. The van der Waals surface area contributed by atoms with Crippen LogP contribution in [0.2, 0.25) is 0 Å². The van der Waals surface area contributed by atoms with Gasteiger partial charge < -0.3 is 0 Å². The van der Waals surface area contributed by atoms with E-state index in [4.69, 9.17) is 0 Å². The Morgan fingerprint density at radius 3 is 2.79 bits per heavy atom. The van der Waals surface area contributed by atoms with Crippen molar-refractivity contribution in [2.24, 2.45) is 0 Å². The van der Waals surface area contributed by atoms with Gasteiger partial charge in [0.25, 0.3) is 11.5 Å². The van der Waals surface area contributed by atoms with Crippen LogP contribution in [-0.4, -0.2) is 31.1 Å². The van der Waals surface area contributed by atoms with Crippen LogP contribution >= 0.6 is 23.1 Å². The summed E-state index contributed by atoms with van der Waals surface area (Å²) in [5.41, 5.74) is 0.173. The lowest BCUT2D eigenvalue weighted by atomic mass is 10.2. The molecule has 0 saturated carbocycles. The monoisotopic (exact) mass is 412 g/mol. The van der Waals surface area contributed by atoms with E-state index in [2.05, 4.69) is 30.5 Å². The second-order valence-electron chi connectivity index (χ2n) is 5.63. The molecule has 3 N–H and O–H groups in total. The van der Waals surface area contributed by atoms with Gasteiger partial charge in [-0.05, 0) is 11.6 Å². The number of benzene rings is 1. The molecule has 1 aromatic carbocycles. The van der Waals surface area contributed by atoms with Crippen molar-refractivity contribution in [1.82, 2.24) is 25.1 Å². The summed E-state index contributed by atoms with van der Waals surface area (Å²) in [4.78, 5) is 44.0. The Labute approximate surface area is 165 Å². The molecule has 0 bridgehead atoms. The van der Waals surface area contributed by atoms with Gasteiger partial charge in [0.2, 0.25) is 5.13 Å². The first-order valence-electron chi connectivity index (χ1n) is 8.02. The number of aromatic amines is 2. The number of carbonyl (C=O) groups is 1. The molecule has 140 valence electrons. The lowest BCUT2D eigenvalue weighted by Gasteiger charge is -2.02. The fourth-order valence-electron chi connectivity index (χ4n) is 2.38. The van der Waals surface area contributed by atoms with Gasteiger partial charge in [-0.25, -0.2) is 9.78 Å². The third-order valence-corrected chi connectivity index (χ3v) is 5.73. The molecule has 3 heterocycles. The van der Waals surface area contributed by atoms with Crippen molar-refractivity contribution in [3.05, 3.63) is 74.6 Å². The normalized spacial score (nSPS) is 10.9. The summed E-state index contributed by atoms with van der Waals surface area (Å²) in [5.74, 6) is 0.273. The van der Waals surface area contributed by atoms with Crippen LogP contribution in [-0.2, 0) is 5.75 Å². The van der Waals surface area contributed by atoms with Crippen molar-refractivity contribution in [3.8, 4) is 0 Å². The molecule has 0 radical (unpaired) electrons. The molecule has 1 amide bonds. The first-order valence-corrected chi connectivity index (χ1v) is 9.82. The molecule has 0 aliphatic rings. The Bertz CT molecular complexity index is 1270. The van der Waals surface area contributed by atoms with Crippen molar-refractivity contribution < 1.29 is 4.79 Å². The number of hydrogen-bond donors (Lipinski definition) is 3. The van der Waals surface area contributed by atoms with Gasteiger partial charge in [-0.1, -0.05) is 53.4 Å². The summed E-state index contributed by atoms with van der Waals surface area (Å²) in [6.45, 7) is 0. The summed E-state index contributed by atoms with van der Waals surface area (Å²) in [6, 6.07) is 11.3. The van der Waals surface area contributed by atoms with E-state index in [1.165, 1.54) is 40.9 Å². The highest BCUT2D eigenvalue weighted by molar-refractivity contribution is 8.00. The van der Waals surface area contributed by atoms with Crippen LogP contribution in [0.4, 0.5) is 5.13 Å². The molecule has 0 unspecified atom stereocenters. The number of fused-ring (bicyclic) bond motifs is 1. The van der Waals surface area contributed by atoms with Gasteiger partial charge in [0.05, 0.1) is 10.9 Å². The second-order valence-corrected chi connectivity index (χ2v) is 7.83.